The third-order valence-electron chi connectivity index (χ3n) is 3.10. The molecule has 0 atom stereocenters. The lowest BCUT2D eigenvalue weighted by Gasteiger charge is -2.09. The number of ether oxygens (including phenoxy) is 1. The second kappa shape index (κ2) is 5.78. The van der Waals surface area contributed by atoms with Crippen LogP contribution in [0.3, 0.4) is 0 Å². The predicted molar refractivity (Wildman–Crippen MR) is 74.9 cm³/mol. The number of rotatable bonds is 5. The van der Waals surface area contributed by atoms with Gasteiger partial charge < -0.3 is 10.1 Å². The molecule has 0 saturated heterocycles. The number of nitrogens with zero attached hydrogens (tertiary/aromatic N) is 3. The van der Waals surface area contributed by atoms with Crippen LogP contribution in [0.15, 0.2) is 18.2 Å². The molecule has 21 heavy (non-hydrogen) atoms. The third kappa shape index (κ3) is 2.93. The highest BCUT2D eigenvalue weighted by molar-refractivity contribution is 5.53. The van der Waals surface area contributed by atoms with Crippen molar-refractivity contribution < 1.29 is 14.1 Å². The van der Waals surface area contributed by atoms with Crippen molar-refractivity contribution in [2.24, 2.45) is 7.05 Å². The predicted octanol–water partition coefficient (Wildman–Crippen LogP) is 2.40. The van der Waals surface area contributed by atoms with Crippen molar-refractivity contribution in [1.29, 1.82) is 0 Å². The highest BCUT2D eigenvalue weighted by Gasteiger charge is 2.15. The smallest absolute Gasteiger partial charge is 0.271 e. The number of nitrogens with one attached hydrogen (secondary N) is 1. The maximum Gasteiger partial charge on any atom is 0.271 e. The molecule has 7 nitrogen and oxygen atoms in total. The van der Waals surface area contributed by atoms with Crippen molar-refractivity contribution in [2.45, 2.75) is 13.5 Å². The Morgan fingerprint density at radius 1 is 1.52 bits per heavy atom. The number of non-ortho nitro benzene ring substituents is 1. The van der Waals surface area contributed by atoms with Crippen LogP contribution in [0.5, 0.6) is 5.88 Å². The van der Waals surface area contributed by atoms with E-state index in [1.54, 1.807) is 11.7 Å². The minimum atomic E-state index is -0.569. The molecule has 0 spiro atoms. The van der Waals surface area contributed by atoms with E-state index in [1.807, 2.05) is 6.92 Å². The number of hydrogen-bond donors (Lipinski definition) is 1. The van der Waals surface area contributed by atoms with E-state index < -0.39 is 10.7 Å². The first-order chi connectivity index (χ1) is 9.93. The number of halogens is 1. The normalized spacial score (nSPS) is 10.5. The molecule has 1 aromatic heterocycles. The molecule has 2 rings (SSSR count). The fourth-order valence-electron chi connectivity index (χ4n) is 2.09. The van der Waals surface area contributed by atoms with Crippen LogP contribution in [-0.2, 0) is 13.6 Å². The van der Waals surface area contributed by atoms with Gasteiger partial charge in [0.05, 0.1) is 29.0 Å². The van der Waals surface area contributed by atoms with Gasteiger partial charge in [-0.2, -0.15) is 5.10 Å². The summed E-state index contributed by atoms with van der Waals surface area (Å²) in [6, 6.07) is 3.34. The zero-order valence-electron chi connectivity index (χ0n) is 11.9. The minimum absolute atomic E-state index is 0.0644. The summed E-state index contributed by atoms with van der Waals surface area (Å²) in [7, 11) is 3.26. The molecule has 0 aliphatic carbocycles. The lowest BCUT2D eigenvalue weighted by molar-refractivity contribution is -0.384. The average Bonchev–Trinajstić information content (AvgIpc) is 2.71. The molecule has 0 unspecified atom stereocenters. The number of methoxy groups -OCH3 is 1. The maximum absolute atomic E-state index is 13.7. The van der Waals surface area contributed by atoms with Gasteiger partial charge in [-0.25, -0.2) is 9.07 Å². The Hall–Kier alpha value is -2.64. The van der Waals surface area contributed by atoms with E-state index in [0.717, 1.165) is 29.5 Å². The first-order valence-corrected chi connectivity index (χ1v) is 6.18. The van der Waals surface area contributed by atoms with Crippen molar-refractivity contribution >= 4 is 11.4 Å². The zero-order valence-corrected chi connectivity index (χ0v) is 11.9. The molecule has 0 bridgehead atoms. The minimum Gasteiger partial charge on any atom is -0.481 e. The second-order valence-electron chi connectivity index (χ2n) is 4.47. The lowest BCUT2D eigenvalue weighted by Crippen LogP contribution is -2.05. The number of anilines is 1. The van der Waals surface area contributed by atoms with Crippen LogP contribution in [0, 0.1) is 22.9 Å². The van der Waals surface area contributed by atoms with Crippen LogP contribution in [-0.4, -0.2) is 21.8 Å². The fraction of sp³-hybridized carbons (Fsp3) is 0.308. The van der Waals surface area contributed by atoms with Gasteiger partial charge in [-0.3, -0.25) is 10.1 Å². The first-order valence-electron chi connectivity index (χ1n) is 6.18. The molecule has 0 fully saturated rings. The maximum atomic E-state index is 13.7. The van der Waals surface area contributed by atoms with E-state index in [-0.39, 0.29) is 17.9 Å². The van der Waals surface area contributed by atoms with Crippen LogP contribution < -0.4 is 10.1 Å². The van der Waals surface area contributed by atoms with Crippen LogP contribution in [0.2, 0.25) is 0 Å². The quantitative estimate of drug-likeness (QED) is 0.676. The van der Waals surface area contributed by atoms with Crippen molar-refractivity contribution in [1.82, 2.24) is 9.78 Å². The molecular weight excluding hydrogens is 279 g/mol. The molecule has 0 amide bonds. The Morgan fingerprint density at radius 2 is 2.24 bits per heavy atom. The molecule has 112 valence electrons. The van der Waals surface area contributed by atoms with Crippen molar-refractivity contribution in [2.75, 3.05) is 12.4 Å². The molecular formula is C13H15FN4O3. The molecule has 0 aliphatic rings. The zero-order chi connectivity index (χ0) is 15.6. The second-order valence-corrected chi connectivity index (χ2v) is 4.47. The summed E-state index contributed by atoms with van der Waals surface area (Å²) in [5, 5.41) is 17.8. The van der Waals surface area contributed by atoms with Gasteiger partial charge in [-0.05, 0) is 13.0 Å². The summed E-state index contributed by atoms with van der Waals surface area (Å²) in [6.45, 7) is 2.06. The van der Waals surface area contributed by atoms with E-state index in [4.69, 9.17) is 4.74 Å². The van der Waals surface area contributed by atoms with Crippen molar-refractivity contribution in [3.8, 4) is 5.88 Å². The molecule has 1 heterocycles. The fourth-order valence-corrected chi connectivity index (χ4v) is 2.09. The largest absolute Gasteiger partial charge is 0.481 e. The Kier molecular flexibility index (Phi) is 4.06. The van der Waals surface area contributed by atoms with E-state index in [9.17, 15) is 14.5 Å². The summed E-state index contributed by atoms with van der Waals surface area (Å²) >= 11 is 0. The number of nitro groups is 1. The van der Waals surface area contributed by atoms with Crippen LogP contribution >= 0.6 is 0 Å². The van der Waals surface area contributed by atoms with Gasteiger partial charge >= 0.3 is 0 Å². The van der Waals surface area contributed by atoms with Crippen LogP contribution in [0.4, 0.5) is 15.8 Å². The van der Waals surface area contributed by atoms with Gasteiger partial charge in [0.15, 0.2) is 0 Å². The summed E-state index contributed by atoms with van der Waals surface area (Å²) in [4.78, 5) is 10.1. The summed E-state index contributed by atoms with van der Waals surface area (Å²) in [5.41, 5.74) is 1.40. The van der Waals surface area contributed by atoms with Gasteiger partial charge in [-0.15, -0.1) is 0 Å². The van der Waals surface area contributed by atoms with Gasteiger partial charge in [0.1, 0.15) is 5.82 Å². The van der Waals surface area contributed by atoms with Crippen molar-refractivity contribution in [3.05, 3.63) is 45.4 Å². The van der Waals surface area contributed by atoms with Crippen molar-refractivity contribution in [3.63, 3.8) is 0 Å². The van der Waals surface area contributed by atoms with Gasteiger partial charge in [0.25, 0.3) is 5.69 Å². The van der Waals surface area contributed by atoms with E-state index >= 15 is 0 Å². The highest BCUT2D eigenvalue weighted by atomic mass is 19.1. The Balaban J connectivity index is 2.24. The van der Waals surface area contributed by atoms with E-state index in [2.05, 4.69) is 10.4 Å². The lowest BCUT2D eigenvalue weighted by atomic mass is 10.2. The summed E-state index contributed by atoms with van der Waals surface area (Å²) in [6.07, 6.45) is 0. The number of aryl methyl sites for hydroxylation is 2. The van der Waals surface area contributed by atoms with Crippen LogP contribution in [0.25, 0.3) is 0 Å². The standard InChI is InChI=1S/C13H15FN4O3/c1-8-10(13(21-3)17(2)16-8)7-15-12-6-9(18(19)20)4-5-11(12)14/h4-6,15H,7H2,1-3H3. The molecule has 1 N–H and O–H groups in total. The highest BCUT2D eigenvalue weighted by Crippen LogP contribution is 2.25. The third-order valence-corrected chi connectivity index (χ3v) is 3.10. The molecule has 2 aromatic rings. The SMILES string of the molecule is COc1c(CNc2cc([N+](=O)[O-])ccc2F)c(C)nn1C. The van der Waals surface area contributed by atoms with Gasteiger partial charge in [-0.1, -0.05) is 0 Å². The molecule has 0 saturated carbocycles. The molecule has 0 aliphatic heterocycles. The number of hydrogen-bond acceptors (Lipinski definition) is 5. The number of benzene rings is 1. The Morgan fingerprint density at radius 3 is 2.86 bits per heavy atom. The van der Waals surface area contributed by atoms with Gasteiger partial charge in [0.2, 0.25) is 5.88 Å². The monoisotopic (exact) mass is 294 g/mol. The van der Waals surface area contributed by atoms with E-state index in [1.165, 1.54) is 7.11 Å². The molecule has 1 aromatic carbocycles. The summed E-state index contributed by atoms with van der Waals surface area (Å²) < 4.78 is 20.5. The Labute approximate surface area is 120 Å². The van der Waals surface area contributed by atoms with Gasteiger partial charge in [0, 0.05) is 25.7 Å². The Bertz CT molecular complexity index is 684. The summed E-state index contributed by atoms with van der Waals surface area (Å²) in [5.74, 6) is 0.00643. The topological polar surface area (TPSA) is 82.2 Å². The average molecular weight is 294 g/mol. The molecule has 0 radical (unpaired) electrons. The first kappa shape index (κ1) is 14.8. The van der Waals surface area contributed by atoms with Crippen LogP contribution in [0.1, 0.15) is 11.3 Å². The molecule has 8 heteroatoms. The number of nitro benzene ring substituents is 1. The number of aromatic nitrogens is 2. The van der Waals surface area contributed by atoms with E-state index in [0.29, 0.717) is 5.88 Å².